The predicted molar refractivity (Wildman–Crippen MR) is 107 cm³/mol. The largest absolute Gasteiger partial charge is 0.380 e. The average Bonchev–Trinajstić information content (AvgIpc) is 2.66. The van der Waals surface area contributed by atoms with Gasteiger partial charge in [-0.3, -0.25) is 9.89 Å². The molecule has 1 atom stereocenters. The van der Waals surface area contributed by atoms with Crippen LogP contribution in [-0.4, -0.2) is 70.0 Å². The molecule has 1 saturated heterocycles. The van der Waals surface area contributed by atoms with Crippen molar-refractivity contribution in [3.8, 4) is 0 Å². The van der Waals surface area contributed by atoms with Crippen LogP contribution in [0.1, 0.15) is 25.5 Å². The number of guanidine groups is 1. The number of halogens is 1. The molecule has 0 amide bonds. The van der Waals surface area contributed by atoms with Gasteiger partial charge in [-0.1, -0.05) is 23.7 Å². The van der Waals surface area contributed by atoms with Crippen LogP contribution in [0.4, 0.5) is 0 Å². The third-order valence-electron chi connectivity index (χ3n) is 4.23. The highest BCUT2D eigenvalue weighted by molar-refractivity contribution is 6.30. The Morgan fingerprint density at radius 1 is 1.31 bits per heavy atom. The highest BCUT2D eigenvalue weighted by atomic mass is 35.5. The molecule has 1 unspecified atom stereocenters. The second kappa shape index (κ2) is 12.1. The normalized spacial score (nSPS) is 17.1. The fourth-order valence-electron chi connectivity index (χ4n) is 2.94. The smallest absolute Gasteiger partial charge is 0.191 e. The number of aliphatic imine (C=N–C) groups is 1. The third kappa shape index (κ3) is 7.11. The Bertz CT molecular complexity index is 550. The van der Waals surface area contributed by atoms with Crippen molar-refractivity contribution < 1.29 is 9.47 Å². The zero-order valence-electron chi connectivity index (χ0n) is 15.8. The monoisotopic (exact) mass is 382 g/mol. The van der Waals surface area contributed by atoms with Crippen LogP contribution in [0.3, 0.4) is 0 Å². The van der Waals surface area contributed by atoms with Gasteiger partial charge >= 0.3 is 0 Å². The van der Waals surface area contributed by atoms with Gasteiger partial charge in [0.15, 0.2) is 5.96 Å². The molecule has 1 aromatic carbocycles. The lowest BCUT2D eigenvalue weighted by Crippen LogP contribution is -2.42. The van der Waals surface area contributed by atoms with Crippen molar-refractivity contribution in [2.24, 2.45) is 4.99 Å². The van der Waals surface area contributed by atoms with E-state index in [0.29, 0.717) is 13.2 Å². The van der Waals surface area contributed by atoms with Crippen LogP contribution in [-0.2, 0) is 9.47 Å². The van der Waals surface area contributed by atoms with Crippen molar-refractivity contribution in [1.29, 1.82) is 0 Å². The highest BCUT2D eigenvalue weighted by Crippen LogP contribution is 2.24. The van der Waals surface area contributed by atoms with Gasteiger partial charge in [0.2, 0.25) is 0 Å². The summed E-state index contributed by atoms with van der Waals surface area (Å²) >= 11 is 6.22. The van der Waals surface area contributed by atoms with Gasteiger partial charge in [0.25, 0.3) is 0 Å². The van der Waals surface area contributed by atoms with Crippen molar-refractivity contribution in [3.63, 3.8) is 0 Å². The minimum absolute atomic E-state index is 0.181. The molecular weight excluding hydrogens is 352 g/mol. The SMILES string of the molecule is CCNC(=NCC(c1cccc(Cl)c1)N1CCOCC1)NCCOCC. The molecule has 1 aromatic rings. The van der Waals surface area contributed by atoms with Crippen LogP contribution in [0.2, 0.25) is 5.02 Å². The van der Waals surface area contributed by atoms with Crippen LogP contribution in [0, 0.1) is 0 Å². The van der Waals surface area contributed by atoms with E-state index in [1.54, 1.807) is 0 Å². The summed E-state index contributed by atoms with van der Waals surface area (Å²) in [6, 6.07) is 8.24. The topological polar surface area (TPSA) is 58.1 Å². The molecule has 0 aliphatic carbocycles. The standard InChI is InChI=1S/C19H31ClN4O2/c1-3-21-19(22-8-11-25-4-2)23-15-18(24-9-12-26-13-10-24)16-6-5-7-17(20)14-16/h5-7,14,18H,3-4,8-13,15H2,1-2H3,(H2,21,22,23). The van der Waals surface area contributed by atoms with Crippen LogP contribution in [0.15, 0.2) is 29.3 Å². The van der Waals surface area contributed by atoms with Crippen LogP contribution >= 0.6 is 11.6 Å². The van der Waals surface area contributed by atoms with Crippen molar-refractivity contribution in [2.75, 3.05) is 59.2 Å². The maximum Gasteiger partial charge on any atom is 0.191 e. The fraction of sp³-hybridized carbons (Fsp3) is 0.632. The van der Waals surface area contributed by atoms with E-state index >= 15 is 0 Å². The molecule has 1 heterocycles. The van der Waals surface area contributed by atoms with Gasteiger partial charge in [0, 0.05) is 37.8 Å². The Hall–Kier alpha value is -1.34. The first-order chi connectivity index (χ1) is 12.7. The lowest BCUT2D eigenvalue weighted by Gasteiger charge is -2.34. The molecule has 146 valence electrons. The molecule has 0 aromatic heterocycles. The number of hydrogen-bond acceptors (Lipinski definition) is 4. The zero-order chi connectivity index (χ0) is 18.6. The first-order valence-corrected chi connectivity index (χ1v) is 9.79. The Morgan fingerprint density at radius 3 is 2.81 bits per heavy atom. The molecule has 0 radical (unpaired) electrons. The van der Waals surface area contributed by atoms with Crippen molar-refractivity contribution in [2.45, 2.75) is 19.9 Å². The first-order valence-electron chi connectivity index (χ1n) is 9.41. The summed E-state index contributed by atoms with van der Waals surface area (Å²) in [5, 5.41) is 7.37. The van der Waals surface area contributed by atoms with E-state index in [0.717, 1.165) is 57.0 Å². The molecule has 1 aliphatic rings. The molecular formula is C19H31ClN4O2. The average molecular weight is 383 g/mol. The van der Waals surface area contributed by atoms with Crippen molar-refractivity contribution in [3.05, 3.63) is 34.9 Å². The maximum absolute atomic E-state index is 6.22. The third-order valence-corrected chi connectivity index (χ3v) is 4.46. The molecule has 1 aliphatic heterocycles. The van der Waals surface area contributed by atoms with Crippen LogP contribution in [0.5, 0.6) is 0 Å². The summed E-state index contributed by atoms with van der Waals surface area (Å²) in [5.74, 6) is 0.812. The molecule has 0 spiro atoms. The van der Waals surface area contributed by atoms with Gasteiger partial charge in [0.05, 0.1) is 32.4 Å². The minimum Gasteiger partial charge on any atom is -0.380 e. The van der Waals surface area contributed by atoms with E-state index < -0.39 is 0 Å². The Kier molecular flexibility index (Phi) is 9.77. The molecule has 7 heteroatoms. The summed E-state index contributed by atoms with van der Waals surface area (Å²) in [4.78, 5) is 7.23. The van der Waals surface area contributed by atoms with E-state index in [-0.39, 0.29) is 6.04 Å². The zero-order valence-corrected chi connectivity index (χ0v) is 16.6. The van der Waals surface area contributed by atoms with E-state index in [1.807, 2.05) is 25.1 Å². The van der Waals surface area contributed by atoms with Gasteiger partial charge in [-0.05, 0) is 31.5 Å². The molecule has 0 bridgehead atoms. The Morgan fingerprint density at radius 2 is 2.12 bits per heavy atom. The highest BCUT2D eigenvalue weighted by Gasteiger charge is 2.22. The van der Waals surface area contributed by atoms with Crippen LogP contribution in [0.25, 0.3) is 0 Å². The number of nitrogens with zero attached hydrogens (tertiary/aromatic N) is 2. The summed E-state index contributed by atoms with van der Waals surface area (Å²) in [5.41, 5.74) is 1.19. The van der Waals surface area contributed by atoms with Gasteiger partial charge < -0.3 is 20.1 Å². The number of morpholine rings is 1. The molecule has 0 saturated carbocycles. The Labute approximate surface area is 161 Å². The van der Waals surface area contributed by atoms with Crippen LogP contribution < -0.4 is 10.6 Å². The van der Waals surface area contributed by atoms with E-state index in [2.05, 4.69) is 28.5 Å². The number of benzene rings is 1. The number of hydrogen-bond donors (Lipinski definition) is 2. The molecule has 2 rings (SSSR count). The van der Waals surface area contributed by atoms with Gasteiger partial charge in [-0.2, -0.15) is 0 Å². The van der Waals surface area contributed by atoms with Gasteiger partial charge in [-0.15, -0.1) is 0 Å². The van der Waals surface area contributed by atoms with Gasteiger partial charge in [-0.25, -0.2) is 0 Å². The quantitative estimate of drug-likeness (QED) is 0.390. The summed E-state index contributed by atoms with van der Waals surface area (Å²) in [6.07, 6.45) is 0. The molecule has 1 fully saturated rings. The second-order valence-corrected chi connectivity index (χ2v) is 6.50. The van der Waals surface area contributed by atoms with Crippen molar-refractivity contribution in [1.82, 2.24) is 15.5 Å². The fourth-order valence-corrected chi connectivity index (χ4v) is 3.14. The van der Waals surface area contributed by atoms with Crippen molar-refractivity contribution >= 4 is 17.6 Å². The lowest BCUT2D eigenvalue weighted by molar-refractivity contribution is 0.0179. The summed E-state index contributed by atoms with van der Waals surface area (Å²) in [6.45, 7) is 11.0. The molecule has 2 N–H and O–H groups in total. The van der Waals surface area contributed by atoms with E-state index in [4.69, 9.17) is 26.1 Å². The summed E-state index contributed by atoms with van der Waals surface area (Å²) in [7, 11) is 0. The van der Waals surface area contributed by atoms with Gasteiger partial charge in [0.1, 0.15) is 0 Å². The summed E-state index contributed by atoms with van der Waals surface area (Å²) < 4.78 is 10.9. The number of ether oxygens (including phenoxy) is 2. The van der Waals surface area contributed by atoms with E-state index in [1.165, 1.54) is 5.56 Å². The molecule has 26 heavy (non-hydrogen) atoms. The number of rotatable bonds is 9. The first kappa shape index (κ1) is 21.0. The molecule has 6 nitrogen and oxygen atoms in total. The second-order valence-electron chi connectivity index (χ2n) is 6.06. The van der Waals surface area contributed by atoms with E-state index in [9.17, 15) is 0 Å². The number of nitrogens with one attached hydrogen (secondary N) is 2. The minimum atomic E-state index is 0.181. The lowest BCUT2D eigenvalue weighted by atomic mass is 10.0. The predicted octanol–water partition coefficient (Wildman–Crippen LogP) is 2.30. The maximum atomic E-state index is 6.22. The Balaban J connectivity index is 2.07.